The molecule has 0 atom stereocenters. The van der Waals surface area contributed by atoms with E-state index in [2.05, 4.69) is 12.1 Å². The van der Waals surface area contributed by atoms with Crippen molar-refractivity contribution in [3.05, 3.63) is 107 Å². The number of hydrogen-bond acceptors (Lipinski definition) is 2. The Kier molecular flexibility index (Phi) is 3.58. The highest BCUT2D eigenvalue weighted by atomic mass is 16.1. The quantitative estimate of drug-likeness (QED) is 0.439. The molecule has 1 aromatic heterocycles. The van der Waals surface area contributed by atoms with E-state index in [1.807, 2.05) is 84.9 Å². The van der Waals surface area contributed by atoms with Crippen molar-refractivity contribution in [1.29, 1.82) is 0 Å². The van der Waals surface area contributed by atoms with Crippen molar-refractivity contribution in [3.63, 3.8) is 0 Å². The van der Waals surface area contributed by atoms with Gasteiger partial charge in [-0.3, -0.25) is 9.36 Å². The first-order valence-electron chi connectivity index (χ1n) is 8.88. The molecule has 0 unspecified atom stereocenters. The summed E-state index contributed by atoms with van der Waals surface area (Å²) in [6.07, 6.45) is 0. The first-order chi connectivity index (χ1) is 13.3. The molecule has 1 heterocycles. The lowest BCUT2D eigenvalue weighted by Gasteiger charge is -2.15. The van der Waals surface area contributed by atoms with Crippen molar-refractivity contribution in [1.82, 2.24) is 9.55 Å². The molecule has 3 heteroatoms. The van der Waals surface area contributed by atoms with Gasteiger partial charge in [0.15, 0.2) is 0 Å². The zero-order valence-electron chi connectivity index (χ0n) is 14.5. The van der Waals surface area contributed by atoms with E-state index < -0.39 is 0 Å². The van der Waals surface area contributed by atoms with Crippen molar-refractivity contribution in [2.75, 3.05) is 0 Å². The van der Waals surface area contributed by atoms with Crippen LogP contribution in [0, 0.1) is 0 Å². The van der Waals surface area contributed by atoms with Crippen LogP contribution in [0.4, 0.5) is 0 Å². The van der Waals surface area contributed by atoms with Gasteiger partial charge in [-0.25, -0.2) is 4.98 Å². The zero-order valence-corrected chi connectivity index (χ0v) is 14.5. The van der Waals surface area contributed by atoms with Crippen molar-refractivity contribution in [2.24, 2.45) is 0 Å². The van der Waals surface area contributed by atoms with Gasteiger partial charge in [0.2, 0.25) is 0 Å². The lowest BCUT2D eigenvalue weighted by atomic mass is 10.1. The molecule has 0 fully saturated rings. The molecule has 5 aromatic rings. The van der Waals surface area contributed by atoms with Gasteiger partial charge < -0.3 is 0 Å². The Morgan fingerprint density at radius 2 is 1.30 bits per heavy atom. The Morgan fingerprint density at radius 3 is 2.15 bits per heavy atom. The summed E-state index contributed by atoms with van der Waals surface area (Å²) in [7, 11) is 0. The normalized spacial score (nSPS) is 11.1. The van der Waals surface area contributed by atoms with Gasteiger partial charge in [0.1, 0.15) is 5.82 Å². The number of para-hydroxylation sites is 1. The van der Waals surface area contributed by atoms with Gasteiger partial charge in [-0.15, -0.1) is 0 Å². The lowest BCUT2D eigenvalue weighted by molar-refractivity contribution is 0.984. The fourth-order valence-corrected chi connectivity index (χ4v) is 3.54. The van der Waals surface area contributed by atoms with Crippen molar-refractivity contribution in [3.8, 4) is 17.1 Å². The van der Waals surface area contributed by atoms with E-state index in [1.54, 1.807) is 4.57 Å². The Bertz CT molecular complexity index is 1330. The number of fused-ring (bicyclic) bond motifs is 2. The third-order valence-corrected chi connectivity index (χ3v) is 4.82. The minimum atomic E-state index is -0.0594. The maximum atomic E-state index is 13.5. The number of aromatic nitrogens is 2. The van der Waals surface area contributed by atoms with Crippen molar-refractivity contribution < 1.29 is 0 Å². The molecule has 0 N–H and O–H groups in total. The van der Waals surface area contributed by atoms with Crippen LogP contribution in [0.15, 0.2) is 102 Å². The predicted molar refractivity (Wildman–Crippen MR) is 110 cm³/mol. The molecule has 27 heavy (non-hydrogen) atoms. The van der Waals surface area contributed by atoms with E-state index in [1.165, 1.54) is 0 Å². The van der Waals surface area contributed by atoms with Crippen LogP contribution in [-0.2, 0) is 0 Å². The molecule has 0 radical (unpaired) electrons. The second kappa shape index (κ2) is 6.22. The molecule has 0 spiro atoms. The van der Waals surface area contributed by atoms with E-state index in [0.29, 0.717) is 16.7 Å². The third kappa shape index (κ3) is 2.52. The maximum Gasteiger partial charge on any atom is 0.266 e. The van der Waals surface area contributed by atoms with Crippen molar-refractivity contribution >= 4 is 21.7 Å². The van der Waals surface area contributed by atoms with E-state index in [-0.39, 0.29) is 5.56 Å². The van der Waals surface area contributed by atoms with Crippen LogP contribution in [0.3, 0.4) is 0 Å². The monoisotopic (exact) mass is 348 g/mol. The molecular weight excluding hydrogens is 332 g/mol. The van der Waals surface area contributed by atoms with E-state index >= 15 is 0 Å². The Morgan fingerprint density at radius 1 is 0.630 bits per heavy atom. The molecular formula is C24H16N2O. The summed E-state index contributed by atoms with van der Waals surface area (Å²) < 4.78 is 1.74. The summed E-state index contributed by atoms with van der Waals surface area (Å²) in [5, 5.41) is 2.73. The Hall–Kier alpha value is -3.72. The number of nitrogens with zero attached hydrogens (tertiary/aromatic N) is 2. The van der Waals surface area contributed by atoms with Crippen LogP contribution < -0.4 is 5.56 Å². The summed E-state index contributed by atoms with van der Waals surface area (Å²) in [6, 6.07) is 31.5. The van der Waals surface area contributed by atoms with Gasteiger partial charge in [0.25, 0.3) is 5.56 Å². The Labute approximate surface area is 156 Å². The van der Waals surface area contributed by atoms with Crippen LogP contribution in [-0.4, -0.2) is 9.55 Å². The number of rotatable bonds is 2. The topological polar surface area (TPSA) is 34.9 Å². The Balaban J connectivity index is 1.96. The molecule has 5 rings (SSSR count). The van der Waals surface area contributed by atoms with Crippen LogP contribution >= 0.6 is 0 Å². The second-order valence-corrected chi connectivity index (χ2v) is 6.46. The van der Waals surface area contributed by atoms with Crippen LogP contribution in [0.1, 0.15) is 0 Å². The van der Waals surface area contributed by atoms with Gasteiger partial charge in [0, 0.05) is 10.9 Å². The van der Waals surface area contributed by atoms with Crippen molar-refractivity contribution in [2.45, 2.75) is 0 Å². The summed E-state index contributed by atoms with van der Waals surface area (Å²) in [4.78, 5) is 18.3. The van der Waals surface area contributed by atoms with Gasteiger partial charge in [-0.05, 0) is 23.6 Å². The smallest absolute Gasteiger partial charge is 0.266 e. The average Bonchev–Trinajstić information content (AvgIpc) is 2.74. The summed E-state index contributed by atoms with van der Waals surface area (Å²) in [5.74, 6) is 0.649. The highest BCUT2D eigenvalue weighted by Crippen LogP contribution is 2.26. The molecule has 4 aromatic carbocycles. The summed E-state index contributed by atoms with van der Waals surface area (Å²) in [6.45, 7) is 0. The third-order valence-electron chi connectivity index (χ3n) is 4.82. The maximum absolute atomic E-state index is 13.5. The molecule has 0 aliphatic heterocycles. The van der Waals surface area contributed by atoms with Gasteiger partial charge in [-0.1, -0.05) is 78.9 Å². The first kappa shape index (κ1) is 15.5. The molecule has 0 aliphatic carbocycles. The predicted octanol–water partition coefficient (Wildman–Crippen LogP) is 5.21. The standard InChI is InChI=1S/C24H16N2O/c27-24-20-14-6-7-15-21(20)25-23(18-10-2-1-3-11-18)26(24)22-16-8-12-17-9-4-5-13-19(17)22/h1-16H. The second-order valence-electron chi connectivity index (χ2n) is 6.46. The zero-order chi connectivity index (χ0) is 18.2. The van der Waals surface area contributed by atoms with Gasteiger partial charge >= 0.3 is 0 Å². The van der Waals surface area contributed by atoms with Crippen LogP contribution in [0.5, 0.6) is 0 Å². The summed E-state index contributed by atoms with van der Waals surface area (Å²) in [5.41, 5.74) is 2.40. The van der Waals surface area contributed by atoms with Gasteiger partial charge in [0.05, 0.1) is 16.6 Å². The fourth-order valence-electron chi connectivity index (χ4n) is 3.54. The van der Waals surface area contributed by atoms with E-state index in [9.17, 15) is 4.79 Å². The minimum Gasteiger partial charge on any atom is -0.268 e. The molecule has 3 nitrogen and oxygen atoms in total. The molecule has 0 bridgehead atoms. The molecule has 128 valence electrons. The lowest BCUT2D eigenvalue weighted by Crippen LogP contribution is -2.22. The highest BCUT2D eigenvalue weighted by molar-refractivity contribution is 5.91. The van der Waals surface area contributed by atoms with Gasteiger partial charge in [-0.2, -0.15) is 0 Å². The minimum absolute atomic E-state index is 0.0594. The van der Waals surface area contributed by atoms with E-state index in [0.717, 1.165) is 22.0 Å². The van der Waals surface area contributed by atoms with E-state index in [4.69, 9.17) is 4.98 Å². The van der Waals surface area contributed by atoms with Crippen LogP contribution in [0.25, 0.3) is 38.8 Å². The highest BCUT2D eigenvalue weighted by Gasteiger charge is 2.15. The van der Waals surface area contributed by atoms with Crippen LogP contribution in [0.2, 0.25) is 0 Å². The number of hydrogen-bond donors (Lipinski definition) is 0. The SMILES string of the molecule is O=c1c2ccccc2nc(-c2ccccc2)n1-c1cccc2ccccc12. The molecule has 0 saturated carbocycles. The average molecular weight is 348 g/mol. The largest absolute Gasteiger partial charge is 0.268 e. The first-order valence-corrected chi connectivity index (χ1v) is 8.88. The number of benzene rings is 4. The molecule has 0 amide bonds. The summed E-state index contributed by atoms with van der Waals surface area (Å²) >= 11 is 0. The molecule has 0 aliphatic rings. The molecule has 0 saturated heterocycles. The fraction of sp³-hybridized carbons (Fsp3) is 0.